The number of benzene rings is 1. The van der Waals surface area contributed by atoms with Crippen molar-refractivity contribution in [3.05, 3.63) is 85.2 Å². The molecule has 4 heterocycles. The number of hydrogen-bond acceptors (Lipinski definition) is 9. The molecule has 0 spiro atoms. The zero-order valence-corrected chi connectivity index (χ0v) is 25.6. The van der Waals surface area contributed by atoms with Gasteiger partial charge in [0.2, 0.25) is 11.8 Å². The first-order valence-electron chi connectivity index (χ1n) is 14.3. The SMILES string of the molecule is CC1=C(C(=O)NCCCN2CCC(=NOCc3ccc([N+](=O)[O-])cc3)CC2)C(C)N/C1=C\C1C(=O)Nc2ncc(Br)cc21. The number of carbonyl (C=O) groups excluding carboxylic acids is 2. The van der Waals surface area contributed by atoms with E-state index in [1.54, 1.807) is 18.3 Å². The molecule has 2 atom stereocenters. The van der Waals surface area contributed by atoms with E-state index in [0.29, 0.717) is 17.9 Å². The van der Waals surface area contributed by atoms with E-state index in [1.807, 2.05) is 26.0 Å². The van der Waals surface area contributed by atoms with Crippen LogP contribution in [0.4, 0.5) is 11.5 Å². The van der Waals surface area contributed by atoms with Crippen LogP contribution in [0.5, 0.6) is 0 Å². The van der Waals surface area contributed by atoms with Crippen LogP contribution < -0.4 is 16.0 Å². The van der Waals surface area contributed by atoms with Gasteiger partial charge in [-0.05, 0) is 78.2 Å². The number of likely N-dealkylation sites (tertiary alicyclic amines) is 1. The van der Waals surface area contributed by atoms with Crippen LogP contribution in [0.1, 0.15) is 50.2 Å². The van der Waals surface area contributed by atoms with Crippen LogP contribution >= 0.6 is 15.9 Å². The number of non-ortho nitro benzene ring substituents is 1. The zero-order chi connectivity index (χ0) is 30.5. The molecule has 2 amide bonds. The van der Waals surface area contributed by atoms with Crippen LogP contribution in [0, 0.1) is 10.1 Å². The maximum atomic E-state index is 13.1. The van der Waals surface area contributed by atoms with Crippen molar-refractivity contribution in [3.8, 4) is 0 Å². The van der Waals surface area contributed by atoms with Gasteiger partial charge in [0.05, 0.1) is 22.6 Å². The van der Waals surface area contributed by atoms with E-state index in [0.717, 1.165) is 71.5 Å². The van der Waals surface area contributed by atoms with Crippen molar-refractivity contribution < 1.29 is 19.3 Å². The van der Waals surface area contributed by atoms with Crippen LogP contribution in [-0.2, 0) is 21.0 Å². The molecule has 3 aliphatic rings. The monoisotopic (exact) mass is 651 g/mol. The predicted molar refractivity (Wildman–Crippen MR) is 165 cm³/mol. The van der Waals surface area contributed by atoms with Gasteiger partial charge < -0.3 is 25.7 Å². The molecule has 5 rings (SSSR count). The van der Waals surface area contributed by atoms with Crippen molar-refractivity contribution in [2.45, 2.75) is 51.7 Å². The lowest BCUT2D eigenvalue weighted by atomic mass is 9.99. The summed E-state index contributed by atoms with van der Waals surface area (Å²) in [6, 6.07) is 7.98. The van der Waals surface area contributed by atoms with Crippen LogP contribution in [0.25, 0.3) is 0 Å². The molecule has 226 valence electrons. The van der Waals surface area contributed by atoms with E-state index in [9.17, 15) is 19.7 Å². The van der Waals surface area contributed by atoms with E-state index in [1.165, 1.54) is 12.1 Å². The second-order valence-electron chi connectivity index (χ2n) is 10.8. The molecule has 3 aliphatic heterocycles. The van der Waals surface area contributed by atoms with Crippen LogP contribution in [0.15, 0.2) is 69.1 Å². The van der Waals surface area contributed by atoms with E-state index in [4.69, 9.17) is 4.84 Å². The fraction of sp³-hybridized carbons (Fsp3) is 0.400. The van der Waals surface area contributed by atoms with Gasteiger partial charge in [-0.1, -0.05) is 5.16 Å². The third-order valence-electron chi connectivity index (χ3n) is 7.88. The van der Waals surface area contributed by atoms with Gasteiger partial charge in [-0.25, -0.2) is 4.98 Å². The third kappa shape index (κ3) is 7.28. The van der Waals surface area contributed by atoms with Crippen molar-refractivity contribution in [3.63, 3.8) is 0 Å². The highest BCUT2D eigenvalue weighted by atomic mass is 79.9. The number of anilines is 1. The quantitative estimate of drug-likeness (QED) is 0.197. The number of pyridine rings is 1. The van der Waals surface area contributed by atoms with Gasteiger partial charge in [0.25, 0.3) is 5.69 Å². The van der Waals surface area contributed by atoms with Crippen molar-refractivity contribution in [1.82, 2.24) is 20.5 Å². The third-order valence-corrected chi connectivity index (χ3v) is 8.31. The molecule has 3 N–H and O–H groups in total. The molecule has 1 saturated heterocycles. The van der Waals surface area contributed by atoms with E-state index >= 15 is 0 Å². The minimum atomic E-state index is -0.483. The number of carbonyl (C=O) groups is 2. The number of amides is 2. The molecule has 1 fully saturated rings. The first-order chi connectivity index (χ1) is 20.7. The summed E-state index contributed by atoms with van der Waals surface area (Å²) < 4.78 is 0.801. The van der Waals surface area contributed by atoms with Gasteiger partial charge in [0.1, 0.15) is 12.4 Å². The van der Waals surface area contributed by atoms with Gasteiger partial charge in [-0.3, -0.25) is 19.7 Å². The average Bonchev–Trinajstić information content (AvgIpc) is 3.45. The molecule has 0 aliphatic carbocycles. The van der Waals surface area contributed by atoms with Crippen molar-refractivity contribution >= 4 is 45.0 Å². The second kappa shape index (κ2) is 13.5. The van der Waals surface area contributed by atoms with Crippen LogP contribution in [0.2, 0.25) is 0 Å². The van der Waals surface area contributed by atoms with Crippen molar-refractivity contribution in [2.24, 2.45) is 5.16 Å². The molecule has 1 aromatic heterocycles. The number of nitro groups is 1. The summed E-state index contributed by atoms with van der Waals surface area (Å²) in [7, 11) is 0. The molecule has 0 radical (unpaired) electrons. The normalized spacial score (nSPS) is 21.0. The number of rotatable bonds is 10. The van der Waals surface area contributed by atoms with Gasteiger partial charge in [0.15, 0.2) is 0 Å². The van der Waals surface area contributed by atoms with Gasteiger partial charge in [0, 0.05) is 72.1 Å². The Bertz CT molecular complexity index is 1490. The number of fused-ring (bicyclic) bond motifs is 1. The summed E-state index contributed by atoms with van der Waals surface area (Å²) >= 11 is 3.43. The van der Waals surface area contributed by atoms with Crippen molar-refractivity contribution in [2.75, 3.05) is 31.5 Å². The predicted octanol–water partition coefficient (Wildman–Crippen LogP) is 4.16. The lowest BCUT2D eigenvalue weighted by molar-refractivity contribution is -0.384. The Labute approximate surface area is 257 Å². The fourth-order valence-corrected chi connectivity index (χ4v) is 5.87. The Morgan fingerprint density at radius 2 is 2.05 bits per heavy atom. The zero-order valence-electron chi connectivity index (χ0n) is 24.1. The topological polar surface area (TPSA) is 151 Å². The number of nitro benzene ring substituents is 1. The molecule has 1 aromatic carbocycles. The van der Waals surface area contributed by atoms with Crippen LogP contribution in [-0.4, -0.2) is 64.6 Å². The molecular formula is C30H34BrN7O5. The number of halogens is 1. The number of piperidine rings is 1. The Morgan fingerprint density at radius 1 is 1.30 bits per heavy atom. The first kappa shape index (κ1) is 30.4. The Kier molecular flexibility index (Phi) is 9.51. The highest BCUT2D eigenvalue weighted by Gasteiger charge is 2.34. The second-order valence-corrected chi connectivity index (χ2v) is 11.8. The van der Waals surface area contributed by atoms with E-state index in [2.05, 4.69) is 46.9 Å². The molecular weight excluding hydrogens is 618 g/mol. The van der Waals surface area contributed by atoms with Crippen LogP contribution in [0.3, 0.4) is 0 Å². The minimum Gasteiger partial charge on any atom is -0.391 e. The number of hydrogen-bond donors (Lipinski definition) is 3. The lowest BCUT2D eigenvalue weighted by Crippen LogP contribution is -2.37. The molecule has 12 nitrogen and oxygen atoms in total. The summed E-state index contributed by atoms with van der Waals surface area (Å²) in [4.78, 5) is 48.2. The standard InChI is InChI=1S/C30H34BrN7O5/c1-18-26(15-25-24-14-21(31)16-33-28(24)35-29(25)39)34-19(2)27(18)30(40)32-10-3-11-37-12-8-22(9-13-37)36-43-17-20-4-6-23(7-5-20)38(41)42/h4-7,14-16,19,25,34H,3,8-13,17H2,1-2H3,(H,32,40)(H,33,35,39)/b26-15-. The molecule has 43 heavy (non-hydrogen) atoms. The minimum absolute atomic E-state index is 0.0514. The van der Waals surface area contributed by atoms with Gasteiger partial charge >= 0.3 is 0 Å². The summed E-state index contributed by atoms with van der Waals surface area (Å²) in [6.07, 6.45) is 5.97. The maximum Gasteiger partial charge on any atom is 0.269 e. The summed E-state index contributed by atoms with van der Waals surface area (Å²) in [5, 5.41) is 24.3. The highest BCUT2D eigenvalue weighted by Crippen LogP contribution is 2.36. The molecule has 2 aromatic rings. The maximum absolute atomic E-state index is 13.1. The lowest BCUT2D eigenvalue weighted by Gasteiger charge is -2.27. The summed E-state index contributed by atoms with van der Waals surface area (Å²) in [6.45, 7) is 7.30. The number of aromatic nitrogens is 1. The molecule has 0 saturated carbocycles. The van der Waals surface area contributed by atoms with Crippen molar-refractivity contribution in [1.29, 1.82) is 0 Å². The first-order valence-corrected chi connectivity index (χ1v) is 15.1. The molecule has 13 heteroatoms. The number of allylic oxidation sites excluding steroid dienone is 1. The summed E-state index contributed by atoms with van der Waals surface area (Å²) in [5.74, 6) is -0.159. The Hall–Kier alpha value is -4.10. The molecule has 0 bridgehead atoms. The number of nitrogens with zero attached hydrogens (tertiary/aromatic N) is 4. The van der Waals surface area contributed by atoms with E-state index < -0.39 is 10.8 Å². The van der Waals surface area contributed by atoms with Gasteiger partial charge in [-0.2, -0.15) is 0 Å². The fourth-order valence-electron chi connectivity index (χ4n) is 5.53. The highest BCUT2D eigenvalue weighted by molar-refractivity contribution is 9.10. The van der Waals surface area contributed by atoms with E-state index in [-0.39, 0.29) is 30.2 Å². The van der Waals surface area contributed by atoms with Gasteiger partial charge in [-0.15, -0.1) is 0 Å². The largest absolute Gasteiger partial charge is 0.391 e. The summed E-state index contributed by atoms with van der Waals surface area (Å²) in [5.41, 5.74) is 5.00. The Balaban J connectivity index is 1.05. The smallest absolute Gasteiger partial charge is 0.269 e. The number of oxime groups is 1. The average molecular weight is 653 g/mol. The Morgan fingerprint density at radius 3 is 2.77 bits per heavy atom. The molecule has 2 unspecified atom stereocenters. The number of nitrogens with one attached hydrogen (secondary N) is 3.